The van der Waals surface area contributed by atoms with Gasteiger partial charge in [-0.05, 0) is 37.3 Å². The summed E-state index contributed by atoms with van der Waals surface area (Å²) in [7, 11) is 0. The third-order valence-electron chi connectivity index (χ3n) is 2.99. The van der Waals surface area contributed by atoms with Gasteiger partial charge < -0.3 is 4.74 Å². The molecule has 0 saturated heterocycles. The Hall–Kier alpha value is -0.970. The highest BCUT2D eigenvalue weighted by Crippen LogP contribution is 2.28. The number of rotatable bonds is 5. The van der Waals surface area contributed by atoms with Gasteiger partial charge in [0.25, 0.3) is 0 Å². The monoisotopic (exact) mass is 342 g/mol. The van der Waals surface area contributed by atoms with Crippen molar-refractivity contribution >= 4 is 35.0 Å². The van der Waals surface area contributed by atoms with Gasteiger partial charge in [-0.3, -0.25) is 0 Å². The molecule has 2 aromatic rings. The van der Waals surface area contributed by atoms with E-state index in [0.29, 0.717) is 28.5 Å². The number of benzene rings is 1. The van der Waals surface area contributed by atoms with Gasteiger partial charge in [-0.15, -0.1) is 0 Å². The van der Waals surface area contributed by atoms with E-state index in [1.54, 1.807) is 0 Å². The minimum atomic E-state index is 0.408. The Morgan fingerprint density at radius 2 is 1.86 bits per heavy atom. The van der Waals surface area contributed by atoms with Crippen molar-refractivity contribution in [2.45, 2.75) is 25.4 Å². The molecule has 0 atom stereocenters. The zero-order chi connectivity index (χ0) is 15.4. The van der Waals surface area contributed by atoms with Crippen LogP contribution in [0.25, 0.3) is 0 Å². The van der Waals surface area contributed by atoms with Gasteiger partial charge in [0.2, 0.25) is 0 Å². The molecule has 2 rings (SSSR count). The first-order valence-corrected chi connectivity index (χ1v) is 8.51. The summed E-state index contributed by atoms with van der Waals surface area (Å²) < 4.78 is 5.54. The number of aryl methyl sites for hydroxylation is 1. The molecule has 0 saturated carbocycles. The summed E-state index contributed by atoms with van der Waals surface area (Å²) >= 11 is 13.8. The summed E-state index contributed by atoms with van der Waals surface area (Å²) in [5, 5.41) is 1.40. The number of hydrogen-bond acceptors (Lipinski definition) is 4. The molecule has 112 valence electrons. The fraction of sp³-hybridized carbons (Fsp3) is 0.333. The topological polar surface area (TPSA) is 35.0 Å². The number of halogens is 2. The molecule has 1 aromatic heterocycles. The molecule has 3 nitrogen and oxygen atoms in total. The standard InChI is InChI=1S/C15H16Cl2N2OS/c1-4-20-12-6-5-10(7-9(12)2)8-11-13(16)18-15(21-3)19-14(11)17/h5-7H,4,8H2,1-3H3. The van der Waals surface area contributed by atoms with E-state index < -0.39 is 0 Å². The van der Waals surface area contributed by atoms with Crippen molar-refractivity contribution < 1.29 is 4.74 Å². The molecule has 6 heteroatoms. The van der Waals surface area contributed by atoms with Crippen molar-refractivity contribution in [3.63, 3.8) is 0 Å². The van der Waals surface area contributed by atoms with Gasteiger partial charge in [0.05, 0.1) is 6.61 Å². The highest BCUT2D eigenvalue weighted by Gasteiger charge is 2.12. The first-order valence-electron chi connectivity index (χ1n) is 6.53. The van der Waals surface area contributed by atoms with E-state index in [1.165, 1.54) is 11.8 Å². The Balaban J connectivity index is 2.28. The second-order valence-corrected chi connectivity index (χ2v) is 5.97. The molecule has 0 aliphatic carbocycles. The van der Waals surface area contributed by atoms with Crippen LogP contribution in [-0.2, 0) is 6.42 Å². The molecule has 1 heterocycles. The van der Waals surface area contributed by atoms with E-state index in [2.05, 4.69) is 16.0 Å². The summed E-state index contributed by atoms with van der Waals surface area (Å²) in [6, 6.07) is 6.04. The third-order valence-corrected chi connectivity index (χ3v) is 4.16. The van der Waals surface area contributed by atoms with Crippen molar-refractivity contribution in [2.24, 2.45) is 0 Å². The average Bonchev–Trinajstić information content (AvgIpc) is 2.45. The molecule has 1 aromatic carbocycles. The first-order chi connectivity index (χ1) is 10.0. The molecule has 0 unspecified atom stereocenters. The quantitative estimate of drug-likeness (QED) is 0.444. The highest BCUT2D eigenvalue weighted by atomic mass is 35.5. The Morgan fingerprint density at radius 1 is 1.19 bits per heavy atom. The van der Waals surface area contributed by atoms with E-state index in [9.17, 15) is 0 Å². The zero-order valence-electron chi connectivity index (χ0n) is 12.1. The number of hydrogen-bond donors (Lipinski definition) is 0. The number of nitrogens with zero attached hydrogens (tertiary/aromatic N) is 2. The lowest BCUT2D eigenvalue weighted by Gasteiger charge is -2.11. The molecule has 0 radical (unpaired) electrons. The van der Waals surface area contributed by atoms with Crippen LogP contribution < -0.4 is 4.74 Å². The van der Waals surface area contributed by atoms with Gasteiger partial charge in [0.1, 0.15) is 16.1 Å². The van der Waals surface area contributed by atoms with Crippen LogP contribution >= 0.6 is 35.0 Å². The van der Waals surface area contributed by atoms with Gasteiger partial charge in [0.15, 0.2) is 5.16 Å². The van der Waals surface area contributed by atoms with Gasteiger partial charge in [-0.1, -0.05) is 47.1 Å². The van der Waals surface area contributed by atoms with Crippen LogP contribution in [0.3, 0.4) is 0 Å². The molecular weight excluding hydrogens is 327 g/mol. The van der Waals surface area contributed by atoms with Crippen LogP contribution in [-0.4, -0.2) is 22.8 Å². The van der Waals surface area contributed by atoms with E-state index in [0.717, 1.165) is 22.4 Å². The maximum absolute atomic E-state index is 6.21. The average molecular weight is 343 g/mol. The summed E-state index contributed by atoms with van der Waals surface area (Å²) in [5.41, 5.74) is 2.93. The van der Waals surface area contributed by atoms with Crippen LogP contribution in [0.5, 0.6) is 5.75 Å². The summed E-state index contributed by atoms with van der Waals surface area (Å²) in [6.45, 7) is 4.64. The molecule has 0 bridgehead atoms. The second-order valence-electron chi connectivity index (χ2n) is 4.48. The SMILES string of the molecule is CCOc1ccc(Cc2c(Cl)nc(SC)nc2Cl)cc1C. The fourth-order valence-corrected chi connectivity index (χ4v) is 2.98. The van der Waals surface area contributed by atoms with Gasteiger partial charge in [-0.2, -0.15) is 0 Å². The van der Waals surface area contributed by atoms with Crippen LogP contribution in [0.2, 0.25) is 10.3 Å². The van der Waals surface area contributed by atoms with Crippen molar-refractivity contribution in [1.29, 1.82) is 0 Å². The molecule has 0 spiro atoms. The summed E-state index contributed by atoms with van der Waals surface area (Å²) in [4.78, 5) is 8.45. The third kappa shape index (κ3) is 4.02. The van der Waals surface area contributed by atoms with E-state index >= 15 is 0 Å². The van der Waals surface area contributed by atoms with Crippen molar-refractivity contribution in [3.05, 3.63) is 45.2 Å². The van der Waals surface area contributed by atoms with Crippen LogP contribution in [0.4, 0.5) is 0 Å². The second kappa shape index (κ2) is 7.34. The minimum Gasteiger partial charge on any atom is -0.494 e. The molecule has 0 N–H and O–H groups in total. The van der Waals surface area contributed by atoms with Gasteiger partial charge in [-0.25, -0.2) is 9.97 Å². The Bertz CT molecular complexity index is 627. The predicted molar refractivity (Wildman–Crippen MR) is 89.0 cm³/mol. The minimum absolute atomic E-state index is 0.408. The molecule has 0 aliphatic heterocycles. The van der Waals surface area contributed by atoms with Gasteiger partial charge >= 0.3 is 0 Å². The van der Waals surface area contributed by atoms with Crippen LogP contribution in [0.1, 0.15) is 23.6 Å². The zero-order valence-corrected chi connectivity index (χ0v) is 14.4. The Labute approximate surface area is 139 Å². The first kappa shape index (κ1) is 16.4. The fourth-order valence-electron chi connectivity index (χ4n) is 1.99. The van der Waals surface area contributed by atoms with E-state index in [1.807, 2.05) is 32.2 Å². The highest BCUT2D eigenvalue weighted by molar-refractivity contribution is 7.98. The van der Waals surface area contributed by atoms with Crippen molar-refractivity contribution in [3.8, 4) is 5.75 Å². The normalized spacial score (nSPS) is 10.7. The lowest BCUT2D eigenvalue weighted by molar-refractivity contribution is 0.338. The lowest BCUT2D eigenvalue weighted by Crippen LogP contribution is -1.99. The molecular formula is C15H16Cl2N2OS. The smallest absolute Gasteiger partial charge is 0.190 e. The molecule has 21 heavy (non-hydrogen) atoms. The van der Waals surface area contributed by atoms with Crippen molar-refractivity contribution in [2.75, 3.05) is 12.9 Å². The number of thioether (sulfide) groups is 1. The molecule has 0 aliphatic rings. The number of aromatic nitrogens is 2. The number of ether oxygens (including phenoxy) is 1. The Kier molecular flexibility index (Phi) is 5.73. The lowest BCUT2D eigenvalue weighted by atomic mass is 10.0. The molecule has 0 fully saturated rings. The molecule has 0 amide bonds. The Morgan fingerprint density at radius 3 is 2.38 bits per heavy atom. The van der Waals surface area contributed by atoms with E-state index in [4.69, 9.17) is 27.9 Å². The van der Waals surface area contributed by atoms with Crippen molar-refractivity contribution in [1.82, 2.24) is 9.97 Å². The van der Waals surface area contributed by atoms with E-state index in [-0.39, 0.29) is 0 Å². The van der Waals surface area contributed by atoms with Crippen LogP contribution in [0.15, 0.2) is 23.4 Å². The largest absolute Gasteiger partial charge is 0.494 e. The maximum atomic E-state index is 6.21. The maximum Gasteiger partial charge on any atom is 0.190 e. The van der Waals surface area contributed by atoms with Crippen LogP contribution in [0, 0.1) is 6.92 Å². The summed E-state index contributed by atoms with van der Waals surface area (Å²) in [6.07, 6.45) is 2.48. The summed E-state index contributed by atoms with van der Waals surface area (Å²) in [5.74, 6) is 0.896. The van der Waals surface area contributed by atoms with Gasteiger partial charge in [0, 0.05) is 12.0 Å². The predicted octanol–water partition coefficient (Wildman–Crippen LogP) is 4.80.